The number of nitrogens with one attached hydrogen (secondary N) is 2. The van der Waals surface area contributed by atoms with Crippen molar-refractivity contribution in [3.05, 3.63) is 65.8 Å². The van der Waals surface area contributed by atoms with E-state index in [1.165, 1.54) is 0 Å². The maximum atomic E-state index is 9.10. The minimum atomic E-state index is 0.617. The van der Waals surface area contributed by atoms with E-state index in [2.05, 4.69) is 20.9 Å². The Bertz CT molecular complexity index is 1010. The molecule has 2 heterocycles. The molecule has 0 bridgehead atoms. The second kappa shape index (κ2) is 4.51. The number of hydrogen-bond acceptors (Lipinski definition) is 1. The maximum absolute atomic E-state index is 9.10. The number of hydrogen-bond donors (Lipinski definition) is 2. The fourth-order valence-electron chi connectivity index (χ4n) is 2.81. The van der Waals surface area contributed by atoms with Crippen molar-refractivity contribution in [1.82, 2.24) is 9.97 Å². The Morgan fingerprint density at radius 3 is 2.18 bits per heavy atom. The second-order valence-electron chi connectivity index (χ2n) is 5.12. The predicted octanol–water partition coefficient (Wildman–Crippen LogP) is 4.74. The standard InChI is InChI=1S/C18H10N4/c1-20-12-3-5-18-14(7-12)16(10-22-18)15-9-21-17-4-2-11(8-19)6-13(15)17/h2-7,9-10,21-22H. The number of benzene rings is 2. The molecule has 0 saturated heterocycles. The average Bonchev–Trinajstić information content (AvgIpc) is 3.16. The molecule has 22 heavy (non-hydrogen) atoms. The lowest BCUT2D eigenvalue weighted by molar-refractivity contribution is 1.46. The van der Waals surface area contributed by atoms with Crippen molar-refractivity contribution >= 4 is 27.5 Å². The largest absolute Gasteiger partial charge is 0.361 e. The number of H-pyrrole nitrogens is 2. The highest BCUT2D eigenvalue weighted by Crippen LogP contribution is 2.35. The van der Waals surface area contributed by atoms with Gasteiger partial charge in [0.1, 0.15) is 0 Å². The van der Waals surface area contributed by atoms with E-state index in [4.69, 9.17) is 11.8 Å². The number of rotatable bonds is 1. The van der Waals surface area contributed by atoms with E-state index in [0.29, 0.717) is 11.3 Å². The van der Waals surface area contributed by atoms with Crippen LogP contribution < -0.4 is 0 Å². The molecule has 0 amide bonds. The summed E-state index contributed by atoms with van der Waals surface area (Å²) >= 11 is 0. The molecule has 4 aromatic rings. The molecule has 102 valence electrons. The van der Waals surface area contributed by atoms with Crippen molar-refractivity contribution < 1.29 is 0 Å². The molecule has 0 radical (unpaired) electrons. The number of nitrogens with zero attached hydrogens (tertiary/aromatic N) is 2. The zero-order valence-corrected chi connectivity index (χ0v) is 11.5. The summed E-state index contributed by atoms with van der Waals surface area (Å²) in [5.74, 6) is 0. The van der Waals surface area contributed by atoms with Crippen LogP contribution in [0.4, 0.5) is 5.69 Å². The molecule has 4 rings (SSSR count). The Morgan fingerprint density at radius 1 is 0.909 bits per heavy atom. The molecule has 0 saturated carbocycles. The van der Waals surface area contributed by atoms with Crippen LogP contribution in [-0.4, -0.2) is 9.97 Å². The normalized spacial score (nSPS) is 10.6. The highest BCUT2D eigenvalue weighted by molar-refractivity contribution is 6.05. The van der Waals surface area contributed by atoms with Crippen LogP contribution in [0.5, 0.6) is 0 Å². The molecule has 0 atom stereocenters. The lowest BCUT2D eigenvalue weighted by Crippen LogP contribution is -1.76. The van der Waals surface area contributed by atoms with Crippen molar-refractivity contribution in [2.45, 2.75) is 0 Å². The van der Waals surface area contributed by atoms with Gasteiger partial charge in [0.15, 0.2) is 5.69 Å². The molecule has 4 nitrogen and oxygen atoms in total. The van der Waals surface area contributed by atoms with Gasteiger partial charge < -0.3 is 9.97 Å². The van der Waals surface area contributed by atoms with Gasteiger partial charge >= 0.3 is 0 Å². The van der Waals surface area contributed by atoms with Gasteiger partial charge in [-0.05, 0) is 35.7 Å². The van der Waals surface area contributed by atoms with Gasteiger partial charge in [-0.1, -0.05) is 6.07 Å². The lowest BCUT2D eigenvalue weighted by Gasteiger charge is -1.99. The molecule has 0 spiro atoms. The van der Waals surface area contributed by atoms with Crippen LogP contribution in [0.3, 0.4) is 0 Å². The molecule has 4 heteroatoms. The third kappa shape index (κ3) is 1.69. The number of aromatic amines is 2. The molecule has 0 aliphatic heterocycles. The smallest absolute Gasteiger partial charge is 0.188 e. The van der Waals surface area contributed by atoms with Crippen LogP contribution >= 0.6 is 0 Å². The zero-order valence-electron chi connectivity index (χ0n) is 11.5. The molecular formula is C18H10N4. The quantitative estimate of drug-likeness (QED) is 0.487. The van der Waals surface area contributed by atoms with Crippen molar-refractivity contribution in [3.8, 4) is 17.2 Å². The lowest BCUT2D eigenvalue weighted by atomic mass is 10.0. The Hall–Kier alpha value is -3.50. The van der Waals surface area contributed by atoms with E-state index in [-0.39, 0.29) is 0 Å². The summed E-state index contributed by atoms with van der Waals surface area (Å²) in [6.07, 6.45) is 3.89. The summed E-state index contributed by atoms with van der Waals surface area (Å²) in [5, 5.41) is 11.1. The third-order valence-electron chi connectivity index (χ3n) is 3.90. The highest BCUT2D eigenvalue weighted by Gasteiger charge is 2.12. The summed E-state index contributed by atoms with van der Waals surface area (Å²) in [7, 11) is 0. The Balaban J connectivity index is 2.03. The summed E-state index contributed by atoms with van der Waals surface area (Å²) < 4.78 is 0. The van der Waals surface area contributed by atoms with Crippen molar-refractivity contribution in [1.29, 1.82) is 5.26 Å². The topological polar surface area (TPSA) is 59.7 Å². The van der Waals surface area contributed by atoms with E-state index < -0.39 is 0 Å². The van der Waals surface area contributed by atoms with Gasteiger partial charge in [-0.25, -0.2) is 4.85 Å². The van der Waals surface area contributed by atoms with E-state index in [1.54, 1.807) is 12.1 Å². The Labute approximate surface area is 126 Å². The number of aromatic nitrogens is 2. The minimum Gasteiger partial charge on any atom is -0.361 e. The van der Waals surface area contributed by atoms with Gasteiger partial charge in [0, 0.05) is 39.9 Å². The monoisotopic (exact) mass is 282 g/mol. The Kier molecular flexibility index (Phi) is 2.51. The molecule has 0 aliphatic rings. The minimum absolute atomic E-state index is 0.617. The number of nitriles is 1. The first-order valence-electron chi connectivity index (χ1n) is 6.80. The summed E-state index contributed by atoms with van der Waals surface area (Å²) in [5.41, 5.74) is 5.29. The maximum Gasteiger partial charge on any atom is 0.188 e. The first kappa shape index (κ1) is 12.3. The van der Waals surface area contributed by atoms with Gasteiger partial charge in [0.2, 0.25) is 0 Å². The van der Waals surface area contributed by atoms with Gasteiger partial charge in [0.25, 0.3) is 0 Å². The molecule has 0 fully saturated rings. The number of fused-ring (bicyclic) bond motifs is 2. The molecule has 2 N–H and O–H groups in total. The van der Waals surface area contributed by atoms with Gasteiger partial charge in [-0.15, -0.1) is 0 Å². The first-order chi connectivity index (χ1) is 10.8. The highest BCUT2D eigenvalue weighted by atomic mass is 14.7. The van der Waals surface area contributed by atoms with Gasteiger partial charge in [-0.2, -0.15) is 5.26 Å². The van der Waals surface area contributed by atoms with Crippen LogP contribution in [0.1, 0.15) is 5.56 Å². The molecule has 2 aromatic heterocycles. The predicted molar refractivity (Wildman–Crippen MR) is 86.6 cm³/mol. The van der Waals surface area contributed by atoms with E-state index in [0.717, 1.165) is 32.9 Å². The first-order valence-corrected chi connectivity index (χ1v) is 6.80. The van der Waals surface area contributed by atoms with Crippen LogP contribution in [-0.2, 0) is 0 Å². The van der Waals surface area contributed by atoms with Crippen LogP contribution in [0.25, 0.3) is 37.8 Å². The van der Waals surface area contributed by atoms with Gasteiger partial charge in [-0.3, -0.25) is 0 Å². The van der Waals surface area contributed by atoms with E-state index >= 15 is 0 Å². The third-order valence-corrected chi connectivity index (χ3v) is 3.90. The summed E-state index contributed by atoms with van der Waals surface area (Å²) in [6, 6.07) is 13.4. The fraction of sp³-hybridized carbons (Fsp3) is 0. The summed E-state index contributed by atoms with van der Waals surface area (Å²) in [6.45, 7) is 7.17. The fourth-order valence-corrected chi connectivity index (χ4v) is 2.81. The van der Waals surface area contributed by atoms with E-state index in [9.17, 15) is 0 Å². The van der Waals surface area contributed by atoms with Crippen LogP contribution in [0, 0.1) is 17.9 Å². The molecule has 0 aliphatic carbocycles. The molecule has 2 aromatic carbocycles. The second-order valence-corrected chi connectivity index (χ2v) is 5.12. The van der Waals surface area contributed by atoms with Crippen LogP contribution in [0.15, 0.2) is 48.8 Å². The summed E-state index contributed by atoms with van der Waals surface area (Å²) in [4.78, 5) is 9.97. The molecule has 0 unspecified atom stereocenters. The van der Waals surface area contributed by atoms with Crippen molar-refractivity contribution in [2.24, 2.45) is 0 Å². The Morgan fingerprint density at radius 2 is 1.55 bits per heavy atom. The van der Waals surface area contributed by atoms with Crippen molar-refractivity contribution in [2.75, 3.05) is 0 Å². The van der Waals surface area contributed by atoms with Crippen LogP contribution in [0.2, 0.25) is 0 Å². The van der Waals surface area contributed by atoms with Gasteiger partial charge in [0.05, 0.1) is 18.2 Å². The van der Waals surface area contributed by atoms with E-state index in [1.807, 2.05) is 36.7 Å². The molecular weight excluding hydrogens is 272 g/mol. The SMILES string of the molecule is [C-]#[N+]c1ccc2[nH]cc(-c3c[nH]c4ccc(C#N)cc34)c2c1. The average molecular weight is 282 g/mol. The van der Waals surface area contributed by atoms with Crippen molar-refractivity contribution in [3.63, 3.8) is 0 Å². The zero-order chi connectivity index (χ0) is 15.1.